The smallest absolute Gasteiger partial charge is 0.254 e. The summed E-state index contributed by atoms with van der Waals surface area (Å²) in [6.45, 7) is 3.27. The van der Waals surface area contributed by atoms with Crippen LogP contribution >= 0.6 is 0 Å². The van der Waals surface area contributed by atoms with Crippen LogP contribution in [0.2, 0.25) is 0 Å². The van der Waals surface area contributed by atoms with Crippen molar-refractivity contribution < 1.29 is 23.8 Å². The van der Waals surface area contributed by atoms with Crippen LogP contribution in [0.15, 0.2) is 36.7 Å². The van der Waals surface area contributed by atoms with Crippen LogP contribution in [-0.2, 0) is 4.79 Å². The Balaban J connectivity index is 1.44. The summed E-state index contributed by atoms with van der Waals surface area (Å²) in [7, 11) is 1.58. The fourth-order valence-electron chi connectivity index (χ4n) is 3.74. The molecule has 2 aliphatic heterocycles. The molecule has 1 aromatic carbocycles. The number of piperidine rings is 1. The standard InChI is InChI=1S/C22H25N3O5/c1-14(26)25-8-6-16(7-9-25)29-17-10-15(11-24-12-17)20-13-28-21-18(22(27)23-2)4-3-5-19(21)30-20/h3-5,10-12,16,20H,6-9,13H2,1-2H3,(H,23,27). The first-order chi connectivity index (χ1) is 14.5. The minimum Gasteiger partial charge on any atom is -0.489 e. The maximum absolute atomic E-state index is 12.0. The second-order valence-corrected chi connectivity index (χ2v) is 7.41. The zero-order valence-electron chi connectivity index (χ0n) is 17.1. The lowest BCUT2D eigenvalue weighted by Gasteiger charge is -2.31. The Morgan fingerprint density at radius 3 is 2.77 bits per heavy atom. The van der Waals surface area contributed by atoms with Gasteiger partial charge in [0.25, 0.3) is 5.91 Å². The van der Waals surface area contributed by atoms with Crippen molar-refractivity contribution in [3.8, 4) is 17.2 Å². The summed E-state index contributed by atoms with van der Waals surface area (Å²) in [4.78, 5) is 29.6. The van der Waals surface area contributed by atoms with Gasteiger partial charge in [-0.25, -0.2) is 0 Å². The lowest BCUT2D eigenvalue weighted by molar-refractivity contribution is -0.130. The minimum atomic E-state index is -0.354. The quantitative estimate of drug-likeness (QED) is 0.831. The summed E-state index contributed by atoms with van der Waals surface area (Å²) >= 11 is 0. The van der Waals surface area contributed by atoms with E-state index in [9.17, 15) is 9.59 Å². The van der Waals surface area contributed by atoms with Gasteiger partial charge < -0.3 is 24.4 Å². The Labute approximate surface area is 175 Å². The third-order valence-corrected chi connectivity index (χ3v) is 5.40. The van der Waals surface area contributed by atoms with Crippen molar-refractivity contribution in [1.29, 1.82) is 0 Å². The number of hydrogen-bond acceptors (Lipinski definition) is 6. The molecule has 0 saturated carbocycles. The van der Waals surface area contributed by atoms with Crippen molar-refractivity contribution >= 4 is 11.8 Å². The molecule has 0 aliphatic carbocycles. The SMILES string of the molecule is CNC(=O)c1cccc2c1OCC(c1cncc(OC3CCN(C(C)=O)CC3)c1)O2. The van der Waals surface area contributed by atoms with Crippen molar-refractivity contribution in [1.82, 2.24) is 15.2 Å². The molecule has 4 rings (SSSR count). The van der Waals surface area contributed by atoms with Gasteiger partial charge in [0.2, 0.25) is 5.91 Å². The lowest BCUT2D eigenvalue weighted by Crippen LogP contribution is -2.40. The van der Waals surface area contributed by atoms with Gasteiger partial charge in [0.15, 0.2) is 17.6 Å². The van der Waals surface area contributed by atoms with E-state index in [0.29, 0.717) is 35.9 Å². The molecule has 0 spiro atoms. The van der Waals surface area contributed by atoms with Gasteiger partial charge in [0.1, 0.15) is 18.5 Å². The fourth-order valence-corrected chi connectivity index (χ4v) is 3.74. The van der Waals surface area contributed by atoms with Gasteiger partial charge >= 0.3 is 0 Å². The molecule has 158 valence electrons. The predicted octanol–water partition coefficient (Wildman–Crippen LogP) is 2.34. The molecular weight excluding hydrogens is 386 g/mol. The number of hydrogen-bond donors (Lipinski definition) is 1. The molecule has 1 atom stereocenters. The number of aromatic nitrogens is 1. The highest BCUT2D eigenvalue weighted by molar-refractivity contribution is 5.97. The van der Waals surface area contributed by atoms with Crippen molar-refractivity contribution in [3.63, 3.8) is 0 Å². The Bertz CT molecular complexity index is 940. The van der Waals surface area contributed by atoms with Crippen molar-refractivity contribution in [2.75, 3.05) is 26.7 Å². The third kappa shape index (κ3) is 4.17. The van der Waals surface area contributed by atoms with Gasteiger partial charge in [-0.2, -0.15) is 0 Å². The number of pyridine rings is 1. The highest BCUT2D eigenvalue weighted by Crippen LogP contribution is 2.39. The molecule has 3 heterocycles. The van der Waals surface area contributed by atoms with E-state index in [1.807, 2.05) is 11.0 Å². The van der Waals surface area contributed by atoms with E-state index in [-0.39, 0.29) is 30.6 Å². The average Bonchev–Trinajstić information content (AvgIpc) is 2.78. The highest BCUT2D eigenvalue weighted by Gasteiger charge is 2.27. The summed E-state index contributed by atoms with van der Waals surface area (Å²) in [5, 5.41) is 2.61. The zero-order chi connectivity index (χ0) is 21.1. The van der Waals surface area contributed by atoms with Crippen molar-refractivity contribution in [3.05, 3.63) is 47.8 Å². The molecule has 0 radical (unpaired) electrons. The number of nitrogens with zero attached hydrogens (tertiary/aromatic N) is 2. The van der Waals surface area contributed by atoms with Crippen LogP contribution in [0.5, 0.6) is 17.2 Å². The number of nitrogens with one attached hydrogen (secondary N) is 1. The van der Waals surface area contributed by atoms with E-state index < -0.39 is 0 Å². The Hall–Kier alpha value is -3.29. The topological polar surface area (TPSA) is 90.0 Å². The van der Waals surface area contributed by atoms with E-state index in [2.05, 4.69) is 10.3 Å². The van der Waals surface area contributed by atoms with Gasteiger partial charge in [-0.05, 0) is 18.2 Å². The maximum Gasteiger partial charge on any atom is 0.254 e. The lowest BCUT2D eigenvalue weighted by atomic mass is 10.1. The number of rotatable bonds is 4. The summed E-state index contributed by atoms with van der Waals surface area (Å²) in [5.74, 6) is 1.52. The first kappa shape index (κ1) is 20.0. The number of carbonyl (C=O) groups is 2. The first-order valence-corrected chi connectivity index (χ1v) is 10.1. The Morgan fingerprint density at radius 1 is 1.23 bits per heavy atom. The molecule has 1 unspecified atom stereocenters. The molecule has 1 aromatic heterocycles. The van der Waals surface area contributed by atoms with Crippen molar-refractivity contribution in [2.24, 2.45) is 0 Å². The van der Waals surface area contributed by atoms with E-state index in [0.717, 1.165) is 18.4 Å². The van der Waals surface area contributed by atoms with Crippen LogP contribution in [0.4, 0.5) is 0 Å². The monoisotopic (exact) mass is 411 g/mol. The molecule has 2 aliphatic rings. The van der Waals surface area contributed by atoms with Gasteiger partial charge in [0.05, 0.1) is 11.8 Å². The maximum atomic E-state index is 12.0. The van der Waals surface area contributed by atoms with Crippen LogP contribution in [0.25, 0.3) is 0 Å². The van der Waals surface area contributed by atoms with E-state index in [1.165, 1.54) is 0 Å². The molecule has 8 nitrogen and oxygen atoms in total. The summed E-state index contributed by atoms with van der Waals surface area (Å²) in [5.41, 5.74) is 1.28. The molecule has 1 saturated heterocycles. The first-order valence-electron chi connectivity index (χ1n) is 10.1. The number of fused-ring (bicyclic) bond motifs is 1. The fraction of sp³-hybridized carbons (Fsp3) is 0.409. The molecule has 2 aromatic rings. The van der Waals surface area contributed by atoms with Gasteiger partial charge in [-0.1, -0.05) is 6.07 Å². The van der Waals surface area contributed by atoms with E-state index >= 15 is 0 Å². The number of para-hydroxylation sites is 1. The van der Waals surface area contributed by atoms with Gasteiger partial charge in [0, 0.05) is 51.7 Å². The second-order valence-electron chi connectivity index (χ2n) is 7.41. The zero-order valence-corrected chi connectivity index (χ0v) is 17.1. The summed E-state index contributed by atoms with van der Waals surface area (Å²) in [6, 6.07) is 7.16. The largest absolute Gasteiger partial charge is 0.489 e. The third-order valence-electron chi connectivity index (χ3n) is 5.40. The molecule has 1 N–H and O–H groups in total. The highest BCUT2D eigenvalue weighted by atomic mass is 16.6. The molecule has 0 bridgehead atoms. The van der Waals surface area contributed by atoms with E-state index in [1.54, 1.807) is 44.6 Å². The average molecular weight is 411 g/mol. The van der Waals surface area contributed by atoms with E-state index in [4.69, 9.17) is 14.2 Å². The Kier molecular flexibility index (Phi) is 5.74. The minimum absolute atomic E-state index is 0.0528. The Morgan fingerprint density at radius 2 is 2.03 bits per heavy atom. The van der Waals surface area contributed by atoms with Crippen LogP contribution in [0.3, 0.4) is 0 Å². The van der Waals surface area contributed by atoms with Crippen molar-refractivity contribution in [2.45, 2.75) is 32.0 Å². The number of benzene rings is 1. The molecule has 8 heteroatoms. The van der Waals surface area contributed by atoms with Gasteiger partial charge in [-0.15, -0.1) is 0 Å². The summed E-state index contributed by atoms with van der Waals surface area (Å²) < 4.78 is 18.1. The van der Waals surface area contributed by atoms with Crippen LogP contribution < -0.4 is 19.5 Å². The number of likely N-dealkylation sites (tertiary alicyclic amines) is 1. The second kappa shape index (κ2) is 8.61. The van der Waals surface area contributed by atoms with Crippen LogP contribution in [0.1, 0.15) is 41.8 Å². The van der Waals surface area contributed by atoms with Crippen LogP contribution in [0, 0.1) is 0 Å². The molecule has 2 amide bonds. The van der Waals surface area contributed by atoms with Crippen LogP contribution in [-0.4, -0.2) is 54.5 Å². The molecular formula is C22H25N3O5. The number of ether oxygens (including phenoxy) is 3. The normalized spacial score (nSPS) is 18.6. The van der Waals surface area contributed by atoms with Gasteiger partial charge in [-0.3, -0.25) is 14.6 Å². The summed E-state index contributed by atoms with van der Waals surface area (Å²) in [6.07, 6.45) is 4.70. The number of carbonyl (C=O) groups excluding carboxylic acids is 2. The molecule has 1 fully saturated rings. The number of amides is 2. The predicted molar refractivity (Wildman–Crippen MR) is 109 cm³/mol. The molecule has 30 heavy (non-hydrogen) atoms.